The van der Waals surface area contributed by atoms with Gasteiger partial charge in [0.2, 0.25) is 11.8 Å². The van der Waals surface area contributed by atoms with Gasteiger partial charge in [-0.15, -0.1) is 0 Å². The van der Waals surface area contributed by atoms with Gasteiger partial charge in [0.05, 0.1) is 11.4 Å². The van der Waals surface area contributed by atoms with Crippen molar-refractivity contribution < 1.29 is 19.1 Å². The summed E-state index contributed by atoms with van der Waals surface area (Å²) in [4.78, 5) is 40.4. The van der Waals surface area contributed by atoms with E-state index in [-0.39, 0.29) is 23.8 Å². The van der Waals surface area contributed by atoms with Crippen molar-refractivity contribution in [2.75, 3.05) is 25.0 Å². The standard InChI is InChI=1S/C25H34N4O4/c1-25(2,3)33-24(32)29-12-10-16(11-13-29)28(5)17-6-7-18-20(15-27(4)21(18)14-17)19-8-9-22(30)26-23(19)31/h6-7,14-16,19H,8-13H2,1-5H3,(H,26,30,31). The molecule has 2 saturated heterocycles. The molecule has 33 heavy (non-hydrogen) atoms. The summed E-state index contributed by atoms with van der Waals surface area (Å²) in [5.41, 5.74) is 2.65. The quantitative estimate of drug-likeness (QED) is 0.718. The molecule has 0 bridgehead atoms. The lowest BCUT2D eigenvalue weighted by atomic mass is 9.90. The number of aromatic nitrogens is 1. The summed E-state index contributed by atoms with van der Waals surface area (Å²) in [6.07, 6.45) is 4.44. The maximum Gasteiger partial charge on any atom is 0.410 e. The number of piperidine rings is 2. The molecule has 2 aromatic rings. The van der Waals surface area contributed by atoms with E-state index in [1.165, 1.54) is 0 Å². The molecule has 3 heterocycles. The van der Waals surface area contributed by atoms with Crippen LogP contribution in [-0.2, 0) is 21.4 Å². The normalized spacial score (nSPS) is 20.2. The molecule has 0 saturated carbocycles. The maximum atomic E-state index is 12.4. The number of likely N-dealkylation sites (tertiary alicyclic amines) is 1. The highest BCUT2D eigenvalue weighted by Crippen LogP contribution is 2.34. The summed E-state index contributed by atoms with van der Waals surface area (Å²) in [7, 11) is 4.08. The maximum absolute atomic E-state index is 12.4. The van der Waals surface area contributed by atoms with E-state index in [0.29, 0.717) is 32.0 Å². The van der Waals surface area contributed by atoms with E-state index < -0.39 is 5.60 Å². The summed E-state index contributed by atoms with van der Waals surface area (Å²) in [6.45, 7) is 7.01. The number of aryl methyl sites for hydroxylation is 1. The SMILES string of the molecule is CN(c1ccc2c(C3CCC(=O)NC3=O)cn(C)c2c1)C1CCN(C(=O)OC(C)(C)C)CC1. The number of amides is 3. The number of benzene rings is 1. The topological polar surface area (TPSA) is 83.9 Å². The van der Waals surface area contributed by atoms with Crippen molar-refractivity contribution in [2.24, 2.45) is 7.05 Å². The van der Waals surface area contributed by atoms with Gasteiger partial charge in [-0.05, 0) is 57.7 Å². The van der Waals surface area contributed by atoms with E-state index in [1.54, 1.807) is 4.90 Å². The van der Waals surface area contributed by atoms with Gasteiger partial charge in [0.1, 0.15) is 5.60 Å². The first-order valence-electron chi connectivity index (χ1n) is 11.7. The zero-order valence-electron chi connectivity index (χ0n) is 20.2. The number of anilines is 1. The molecule has 3 amide bonds. The van der Waals surface area contributed by atoms with Crippen molar-refractivity contribution in [3.8, 4) is 0 Å². The summed E-state index contributed by atoms with van der Waals surface area (Å²) in [6, 6.07) is 6.66. The van der Waals surface area contributed by atoms with Gasteiger partial charge in [-0.2, -0.15) is 0 Å². The van der Waals surface area contributed by atoms with Gasteiger partial charge in [-0.3, -0.25) is 14.9 Å². The first-order chi connectivity index (χ1) is 15.5. The first-order valence-corrected chi connectivity index (χ1v) is 11.7. The van der Waals surface area contributed by atoms with Gasteiger partial charge in [0, 0.05) is 56.9 Å². The summed E-state index contributed by atoms with van der Waals surface area (Å²) >= 11 is 0. The molecule has 2 aliphatic heterocycles. The summed E-state index contributed by atoms with van der Waals surface area (Å²) in [5, 5.41) is 3.51. The Hall–Kier alpha value is -3.03. The number of carbonyl (C=O) groups is 3. The molecule has 1 unspecified atom stereocenters. The average Bonchev–Trinajstić information content (AvgIpc) is 3.08. The Labute approximate surface area is 194 Å². The fourth-order valence-corrected chi connectivity index (χ4v) is 4.86. The first kappa shape index (κ1) is 23.1. The third-order valence-electron chi connectivity index (χ3n) is 6.69. The molecule has 1 aromatic heterocycles. The molecule has 0 spiro atoms. The van der Waals surface area contributed by atoms with Gasteiger partial charge < -0.3 is 19.1 Å². The molecule has 8 nitrogen and oxygen atoms in total. The van der Waals surface area contributed by atoms with Gasteiger partial charge >= 0.3 is 6.09 Å². The van der Waals surface area contributed by atoms with Crippen molar-refractivity contribution >= 4 is 34.5 Å². The number of hydrogen-bond acceptors (Lipinski definition) is 5. The van der Waals surface area contributed by atoms with E-state index in [2.05, 4.69) is 40.0 Å². The van der Waals surface area contributed by atoms with Crippen LogP contribution in [0.5, 0.6) is 0 Å². The van der Waals surface area contributed by atoms with Crippen LogP contribution in [0.25, 0.3) is 10.9 Å². The van der Waals surface area contributed by atoms with Gasteiger partial charge in [-0.1, -0.05) is 6.07 Å². The number of nitrogens with one attached hydrogen (secondary N) is 1. The molecule has 0 radical (unpaired) electrons. The van der Waals surface area contributed by atoms with E-state index >= 15 is 0 Å². The number of nitrogens with zero attached hydrogens (tertiary/aromatic N) is 3. The van der Waals surface area contributed by atoms with Crippen LogP contribution in [0.15, 0.2) is 24.4 Å². The number of imide groups is 1. The minimum atomic E-state index is -0.484. The molecule has 4 rings (SSSR count). The van der Waals surface area contributed by atoms with E-state index in [4.69, 9.17) is 4.74 Å². The number of rotatable bonds is 3. The van der Waals surface area contributed by atoms with Crippen molar-refractivity contribution in [3.63, 3.8) is 0 Å². The molecule has 1 atom stereocenters. The lowest BCUT2D eigenvalue weighted by Gasteiger charge is -2.38. The second-order valence-electron chi connectivity index (χ2n) is 10.2. The largest absolute Gasteiger partial charge is 0.444 e. The summed E-state index contributed by atoms with van der Waals surface area (Å²) in [5.74, 6) is -0.707. The average molecular weight is 455 g/mol. The number of ether oxygens (including phenoxy) is 1. The van der Waals surface area contributed by atoms with Gasteiger partial charge in [-0.25, -0.2) is 4.79 Å². The van der Waals surface area contributed by atoms with Crippen LogP contribution in [0, 0.1) is 0 Å². The number of carbonyl (C=O) groups excluding carboxylic acids is 3. The third-order valence-corrected chi connectivity index (χ3v) is 6.69. The minimum absolute atomic E-state index is 0.196. The van der Waals surface area contributed by atoms with Crippen LogP contribution < -0.4 is 10.2 Å². The second-order valence-corrected chi connectivity index (χ2v) is 10.2. The van der Waals surface area contributed by atoms with Crippen LogP contribution >= 0.6 is 0 Å². The van der Waals surface area contributed by atoms with Crippen molar-refractivity contribution in [3.05, 3.63) is 30.0 Å². The summed E-state index contributed by atoms with van der Waals surface area (Å²) < 4.78 is 7.56. The fraction of sp³-hybridized carbons (Fsp3) is 0.560. The third kappa shape index (κ3) is 4.84. The highest BCUT2D eigenvalue weighted by molar-refractivity contribution is 6.03. The minimum Gasteiger partial charge on any atom is -0.444 e. The Kier molecular flexibility index (Phi) is 6.12. The van der Waals surface area contributed by atoms with Crippen LogP contribution in [0.3, 0.4) is 0 Å². The highest BCUT2D eigenvalue weighted by Gasteiger charge is 2.31. The molecule has 0 aliphatic carbocycles. The Morgan fingerprint density at radius 2 is 1.85 bits per heavy atom. The Morgan fingerprint density at radius 3 is 2.48 bits per heavy atom. The van der Waals surface area contributed by atoms with E-state index in [0.717, 1.165) is 35.0 Å². The van der Waals surface area contributed by atoms with Crippen molar-refractivity contribution in [1.29, 1.82) is 0 Å². The molecule has 1 N–H and O–H groups in total. The Bertz CT molecular complexity index is 1080. The molecule has 2 aliphatic rings. The molecule has 8 heteroatoms. The molecular weight excluding hydrogens is 420 g/mol. The Morgan fingerprint density at radius 1 is 1.15 bits per heavy atom. The van der Waals surface area contributed by atoms with Crippen LogP contribution in [-0.4, -0.2) is 59.2 Å². The number of fused-ring (bicyclic) bond motifs is 1. The van der Waals surface area contributed by atoms with E-state index in [9.17, 15) is 14.4 Å². The Balaban J connectivity index is 1.47. The molecule has 1 aromatic carbocycles. The predicted octanol–water partition coefficient (Wildman–Crippen LogP) is 3.53. The van der Waals surface area contributed by atoms with E-state index in [1.807, 2.05) is 34.0 Å². The molecule has 2 fully saturated rings. The zero-order chi connectivity index (χ0) is 23.9. The van der Waals surface area contributed by atoms with Crippen LogP contribution in [0.4, 0.5) is 10.5 Å². The fourth-order valence-electron chi connectivity index (χ4n) is 4.86. The lowest BCUT2D eigenvalue weighted by molar-refractivity contribution is -0.134. The van der Waals surface area contributed by atoms with Crippen LogP contribution in [0.2, 0.25) is 0 Å². The van der Waals surface area contributed by atoms with Crippen LogP contribution in [0.1, 0.15) is 57.9 Å². The zero-order valence-corrected chi connectivity index (χ0v) is 20.2. The lowest BCUT2D eigenvalue weighted by Crippen LogP contribution is -2.47. The number of hydrogen-bond donors (Lipinski definition) is 1. The second kappa shape index (κ2) is 8.72. The van der Waals surface area contributed by atoms with Crippen molar-refractivity contribution in [1.82, 2.24) is 14.8 Å². The monoisotopic (exact) mass is 454 g/mol. The molecule has 178 valence electrons. The van der Waals surface area contributed by atoms with Crippen molar-refractivity contribution in [2.45, 2.75) is 64.0 Å². The van der Waals surface area contributed by atoms with Gasteiger partial charge in [0.25, 0.3) is 0 Å². The van der Waals surface area contributed by atoms with Gasteiger partial charge in [0.15, 0.2) is 0 Å². The molecular formula is C25H34N4O4. The predicted molar refractivity (Wildman–Crippen MR) is 127 cm³/mol. The highest BCUT2D eigenvalue weighted by atomic mass is 16.6. The smallest absolute Gasteiger partial charge is 0.410 e.